The van der Waals surface area contributed by atoms with Gasteiger partial charge in [0.05, 0.1) is 6.54 Å². The molecular weight excluding hydrogens is 128 g/mol. The predicted molar refractivity (Wildman–Crippen MR) is 39.6 cm³/mol. The highest BCUT2D eigenvalue weighted by Crippen LogP contribution is 1.92. The van der Waals surface area contributed by atoms with Crippen LogP contribution < -0.4 is 5.32 Å². The van der Waals surface area contributed by atoms with Crippen LogP contribution in [0, 0.1) is 0 Å². The van der Waals surface area contributed by atoms with Crippen molar-refractivity contribution >= 4 is 6.29 Å². The van der Waals surface area contributed by atoms with Crippen LogP contribution >= 0.6 is 0 Å². The van der Waals surface area contributed by atoms with Gasteiger partial charge in [-0.05, 0) is 19.5 Å². The molecule has 57 valence electrons. The van der Waals surface area contributed by atoms with Gasteiger partial charge in [0.15, 0.2) is 0 Å². The predicted octanol–water partition coefficient (Wildman–Crippen LogP) is -0.609. The Morgan fingerprint density at radius 1 is 1.40 bits per heavy atom. The molecule has 1 radical (unpaired) electrons. The van der Waals surface area contributed by atoms with Gasteiger partial charge in [0, 0.05) is 13.1 Å². The Balaban J connectivity index is 2.21. The highest BCUT2D eigenvalue weighted by molar-refractivity contribution is 5.52. The molecule has 0 saturated carbocycles. The summed E-state index contributed by atoms with van der Waals surface area (Å²) in [6.07, 6.45) is 3.05. The first-order chi connectivity index (χ1) is 4.93. The molecule has 1 rings (SSSR count). The van der Waals surface area contributed by atoms with Gasteiger partial charge in [-0.2, -0.15) is 0 Å². The average Bonchev–Trinajstić information content (AvgIpc) is 2.17. The summed E-state index contributed by atoms with van der Waals surface area (Å²) in [5.74, 6) is 0. The van der Waals surface area contributed by atoms with Gasteiger partial charge in [-0.3, -0.25) is 9.69 Å². The van der Waals surface area contributed by atoms with Crippen molar-refractivity contribution in [3.05, 3.63) is 0 Å². The van der Waals surface area contributed by atoms with Crippen LogP contribution in [0.3, 0.4) is 0 Å². The fourth-order valence-electron chi connectivity index (χ4n) is 1.15. The van der Waals surface area contributed by atoms with E-state index in [4.69, 9.17) is 0 Å². The normalized spacial score (nSPS) is 22.0. The van der Waals surface area contributed by atoms with E-state index in [1.807, 2.05) is 6.29 Å². The molecule has 1 N–H and O–H groups in total. The molecule has 1 fully saturated rings. The minimum absolute atomic E-state index is 0.474. The Kier molecular flexibility index (Phi) is 3.40. The van der Waals surface area contributed by atoms with Crippen LogP contribution in [0.5, 0.6) is 0 Å². The zero-order valence-corrected chi connectivity index (χ0v) is 6.10. The SMILES string of the molecule is O=[C]CN1CCCNCC1. The fraction of sp³-hybridized carbons (Fsp3) is 0.857. The van der Waals surface area contributed by atoms with E-state index >= 15 is 0 Å². The monoisotopic (exact) mass is 141 g/mol. The first kappa shape index (κ1) is 7.69. The van der Waals surface area contributed by atoms with Crippen molar-refractivity contribution in [1.29, 1.82) is 0 Å². The van der Waals surface area contributed by atoms with Gasteiger partial charge in [0.1, 0.15) is 0 Å². The van der Waals surface area contributed by atoms with Gasteiger partial charge in [-0.25, -0.2) is 0 Å². The third-order valence-electron chi connectivity index (χ3n) is 1.72. The van der Waals surface area contributed by atoms with Crippen molar-refractivity contribution in [2.24, 2.45) is 0 Å². The molecule has 1 aliphatic rings. The molecule has 0 spiro atoms. The van der Waals surface area contributed by atoms with Crippen molar-refractivity contribution in [3.63, 3.8) is 0 Å². The van der Waals surface area contributed by atoms with Gasteiger partial charge in [-0.1, -0.05) is 0 Å². The lowest BCUT2D eigenvalue weighted by Crippen LogP contribution is -2.29. The summed E-state index contributed by atoms with van der Waals surface area (Å²) in [5.41, 5.74) is 0. The van der Waals surface area contributed by atoms with E-state index in [1.165, 1.54) is 0 Å². The van der Waals surface area contributed by atoms with Crippen molar-refractivity contribution in [1.82, 2.24) is 10.2 Å². The Morgan fingerprint density at radius 2 is 2.30 bits per heavy atom. The second-order valence-corrected chi connectivity index (χ2v) is 2.52. The van der Waals surface area contributed by atoms with E-state index in [9.17, 15) is 4.79 Å². The molecule has 0 aliphatic carbocycles. The maximum atomic E-state index is 10.00. The molecule has 3 nitrogen and oxygen atoms in total. The molecule has 0 aromatic carbocycles. The van der Waals surface area contributed by atoms with E-state index in [-0.39, 0.29) is 0 Å². The number of nitrogens with zero attached hydrogens (tertiary/aromatic N) is 1. The van der Waals surface area contributed by atoms with Gasteiger partial charge in [-0.15, -0.1) is 0 Å². The summed E-state index contributed by atoms with van der Waals surface area (Å²) in [6, 6.07) is 0. The van der Waals surface area contributed by atoms with E-state index < -0.39 is 0 Å². The van der Waals surface area contributed by atoms with Crippen molar-refractivity contribution in [2.75, 3.05) is 32.7 Å². The maximum absolute atomic E-state index is 10.00. The van der Waals surface area contributed by atoms with Gasteiger partial charge >= 0.3 is 0 Å². The standard InChI is InChI=1S/C7H13N2O/c10-7-6-9-4-1-2-8-3-5-9/h8H,1-6H2. The zero-order chi connectivity index (χ0) is 7.23. The van der Waals surface area contributed by atoms with Crippen LogP contribution in [-0.2, 0) is 4.79 Å². The van der Waals surface area contributed by atoms with E-state index in [0.717, 1.165) is 32.6 Å². The number of hydrogen-bond acceptors (Lipinski definition) is 3. The number of carbonyl (C=O) groups excluding carboxylic acids is 1. The number of hydrogen-bond donors (Lipinski definition) is 1. The summed E-state index contributed by atoms with van der Waals surface area (Å²) < 4.78 is 0. The highest BCUT2D eigenvalue weighted by atomic mass is 16.1. The second kappa shape index (κ2) is 4.41. The molecule has 0 bridgehead atoms. The van der Waals surface area contributed by atoms with Crippen molar-refractivity contribution in [3.8, 4) is 0 Å². The molecule has 0 aromatic rings. The summed E-state index contributed by atoms with van der Waals surface area (Å²) in [5, 5.41) is 3.26. The van der Waals surface area contributed by atoms with Crippen molar-refractivity contribution < 1.29 is 4.79 Å². The molecule has 1 aliphatic heterocycles. The van der Waals surface area contributed by atoms with Gasteiger partial charge < -0.3 is 5.32 Å². The molecule has 0 atom stereocenters. The third-order valence-corrected chi connectivity index (χ3v) is 1.72. The largest absolute Gasteiger partial charge is 0.315 e. The highest BCUT2D eigenvalue weighted by Gasteiger charge is 2.06. The Labute approximate surface area is 61.4 Å². The Hall–Kier alpha value is -0.410. The lowest BCUT2D eigenvalue weighted by Gasteiger charge is -2.14. The summed E-state index contributed by atoms with van der Waals surface area (Å²) in [4.78, 5) is 12.1. The minimum Gasteiger partial charge on any atom is -0.315 e. The summed E-state index contributed by atoms with van der Waals surface area (Å²) in [6.45, 7) is 4.57. The maximum Gasteiger partial charge on any atom is 0.213 e. The Morgan fingerprint density at radius 3 is 3.10 bits per heavy atom. The molecule has 10 heavy (non-hydrogen) atoms. The Bertz CT molecular complexity index is 97.8. The van der Waals surface area contributed by atoms with E-state index in [2.05, 4.69) is 10.2 Å². The summed E-state index contributed by atoms with van der Waals surface area (Å²) >= 11 is 0. The van der Waals surface area contributed by atoms with E-state index in [0.29, 0.717) is 6.54 Å². The molecule has 0 amide bonds. The number of nitrogens with one attached hydrogen (secondary N) is 1. The van der Waals surface area contributed by atoms with Crippen molar-refractivity contribution in [2.45, 2.75) is 6.42 Å². The fourth-order valence-corrected chi connectivity index (χ4v) is 1.15. The van der Waals surface area contributed by atoms with Crippen LogP contribution in [0.1, 0.15) is 6.42 Å². The zero-order valence-electron chi connectivity index (χ0n) is 6.10. The lowest BCUT2D eigenvalue weighted by molar-refractivity contribution is 0.327. The van der Waals surface area contributed by atoms with Gasteiger partial charge in [0.2, 0.25) is 6.29 Å². The first-order valence-corrected chi connectivity index (χ1v) is 3.71. The lowest BCUT2D eigenvalue weighted by atomic mass is 10.4. The average molecular weight is 141 g/mol. The summed E-state index contributed by atoms with van der Waals surface area (Å²) in [7, 11) is 0. The van der Waals surface area contributed by atoms with Crippen LogP contribution in [0.2, 0.25) is 0 Å². The molecule has 0 unspecified atom stereocenters. The molecular formula is C7H13N2O. The molecule has 0 aromatic heterocycles. The van der Waals surface area contributed by atoms with Crippen LogP contribution in [-0.4, -0.2) is 43.9 Å². The second-order valence-electron chi connectivity index (χ2n) is 2.52. The van der Waals surface area contributed by atoms with Crippen LogP contribution in [0.25, 0.3) is 0 Å². The third kappa shape index (κ3) is 2.45. The number of rotatable bonds is 2. The smallest absolute Gasteiger partial charge is 0.213 e. The topological polar surface area (TPSA) is 32.3 Å². The molecule has 3 heteroatoms. The first-order valence-electron chi connectivity index (χ1n) is 3.71. The quantitative estimate of drug-likeness (QED) is 0.557. The van der Waals surface area contributed by atoms with Crippen LogP contribution in [0.15, 0.2) is 0 Å². The minimum atomic E-state index is 0.474. The van der Waals surface area contributed by atoms with E-state index in [1.54, 1.807) is 0 Å². The van der Waals surface area contributed by atoms with Gasteiger partial charge in [0.25, 0.3) is 0 Å². The molecule has 1 heterocycles. The molecule has 1 saturated heterocycles. The van der Waals surface area contributed by atoms with Crippen LogP contribution in [0.4, 0.5) is 0 Å².